The van der Waals surface area contributed by atoms with Crippen LogP contribution in [-0.4, -0.2) is 16.0 Å². The molecule has 2 aromatic heterocycles. The van der Waals surface area contributed by atoms with Crippen molar-refractivity contribution in [2.75, 3.05) is 0 Å². The van der Waals surface area contributed by atoms with E-state index < -0.39 is 29.4 Å². The average Bonchev–Trinajstić information content (AvgIpc) is 3.12. The zero-order valence-electron chi connectivity index (χ0n) is 15.5. The van der Waals surface area contributed by atoms with Gasteiger partial charge in [0.25, 0.3) is 0 Å². The molecule has 8 heteroatoms. The van der Waals surface area contributed by atoms with Gasteiger partial charge in [-0.2, -0.15) is 0 Å². The molecule has 152 valence electrons. The number of fused-ring (bicyclic) bond motifs is 2. The van der Waals surface area contributed by atoms with E-state index in [0.717, 1.165) is 37.8 Å². The number of halogens is 4. The van der Waals surface area contributed by atoms with E-state index in [1.54, 1.807) is 6.20 Å². The fraction of sp³-hybridized carbons (Fsp3) is 0.182. The fourth-order valence-electron chi connectivity index (χ4n) is 3.94. The number of allylic oxidation sites excluding steroid dienone is 1. The van der Waals surface area contributed by atoms with Crippen molar-refractivity contribution in [2.24, 2.45) is 5.73 Å². The predicted octanol–water partition coefficient (Wildman–Crippen LogP) is 6.20. The molecule has 5 rings (SSSR count). The van der Waals surface area contributed by atoms with E-state index in [4.69, 9.17) is 22.3 Å². The van der Waals surface area contributed by atoms with Crippen molar-refractivity contribution in [3.8, 4) is 0 Å². The molecule has 0 amide bonds. The number of aromatic nitrogens is 2. The van der Waals surface area contributed by atoms with Gasteiger partial charge in [-0.25, -0.2) is 18.2 Å². The summed E-state index contributed by atoms with van der Waals surface area (Å²) < 4.78 is 42.1. The Morgan fingerprint density at radius 1 is 1.00 bits per heavy atom. The highest BCUT2D eigenvalue weighted by Crippen LogP contribution is 2.39. The third-order valence-electron chi connectivity index (χ3n) is 5.46. The van der Waals surface area contributed by atoms with Crippen LogP contribution in [0.25, 0.3) is 26.7 Å². The van der Waals surface area contributed by atoms with Crippen LogP contribution in [0.4, 0.5) is 13.2 Å². The molecule has 4 aromatic rings. The van der Waals surface area contributed by atoms with Crippen LogP contribution in [0.15, 0.2) is 42.6 Å². The first-order valence-electron chi connectivity index (χ1n) is 9.34. The molecular weight excluding hydrogens is 431 g/mol. The minimum Gasteiger partial charge on any atom is -0.327 e. The summed E-state index contributed by atoms with van der Waals surface area (Å²) in [7, 11) is 0. The minimum absolute atomic E-state index is 0.107. The number of hydrogen-bond donors (Lipinski definition) is 1. The van der Waals surface area contributed by atoms with Crippen LogP contribution in [0.2, 0.25) is 5.02 Å². The maximum atomic E-state index is 14.2. The molecule has 0 spiro atoms. The van der Waals surface area contributed by atoms with Crippen LogP contribution in [0.5, 0.6) is 0 Å². The average molecular weight is 446 g/mol. The van der Waals surface area contributed by atoms with Crippen LogP contribution >= 0.6 is 22.9 Å². The summed E-state index contributed by atoms with van der Waals surface area (Å²) in [4.78, 5) is 9.08. The van der Waals surface area contributed by atoms with E-state index in [1.165, 1.54) is 11.3 Å². The molecule has 0 bridgehead atoms. The van der Waals surface area contributed by atoms with Crippen LogP contribution in [-0.2, 0) is 0 Å². The first-order valence-corrected chi connectivity index (χ1v) is 10.5. The summed E-state index contributed by atoms with van der Waals surface area (Å²) in [5, 5.41) is 2.31. The van der Waals surface area contributed by atoms with Gasteiger partial charge in [0.2, 0.25) is 0 Å². The molecular formula is C22H15ClF3N3S. The number of hydrogen-bond acceptors (Lipinski definition) is 4. The minimum atomic E-state index is -1.20. The van der Waals surface area contributed by atoms with E-state index in [9.17, 15) is 13.2 Å². The van der Waals surface area contributed by atoms with Crippen molar-refractivity contribution in [1.82, 2.24) is 9.97 Å². The number of benzene rings is 2. The molecule has 1 aliphatic carbocycles. The first kappa shape index (κ1) is 19.5. The lowest BCUT2D eigenvalue weighted by Gasteiger charge is -2.28. The molecule has 2 atom stereocenters. The van der Waals surface area contributed by atoms with E-state index >= 15 is 0 Å². The number of pyridine rings is 1. The van der Waals surface area contributed by atoms with Crippen molar-refractivity contribution >= 4 is 49.6 Å². The van der Waals surface area contributed by atoms with Gasteiger partial charge in [-0.3, -0.25) is 4.98 Å². The Balaban J connectivity index is 1.49. The lowest BCUT2D eigenvalue weighted by atomic mass is 9.81. The van der Waals surface area contributed by atoms with Gasteiger partial charge in [-0.1, -0.05) is 17.7 Å². The summed E-state index contributed by atoms with van der Waals surface area (Å²) in [6.45, 7) is 0. The second-order valence-corrected chi connectivity index (χ2v) is 8.88. The second kappa shape index (κ2) is 7.34. The molecule has 0 saturated heterocycles. The molecule has 0 fully saturated rings. The maximum Gasteiger partial charge on any atom is 0.161 e. The summed E-state index contributed by atoms with van der Waals surface area (Å²) in [6, 6.07) is 6.83. The molecule has 30 heavy (non-hydrogen) atoms. The van der Waals surface area contributed by atoms with Crippen molar-refractivity contribution in [1.29, 1.82) is 0 Å². The zero-order valence-corrected chi connectivity index (χ0v) is 17.1. The third kappa shape index (κ3) is 3.37. The SMILES string of the molecule is N[C@H]1CC(c2nc3cc4cc(Cl)cnc4cc3s2)=CC[C@@H]1c1cc(F)c(F)cc1F. The van der Waals surface area contributed by atoms with Gasteiger partial charge < -0.3 is 5.73 Å². The standard InChI is InChI=1S/C22H15ClF3N3S/c23-12-3-11-5-20-21(8-19(11)28-9-12)30-22(29-20)10-1-2-13(18(27)4-10)14-6-16(25)17(26)7-15(14)24/h1,3,5-9,13,18H,2,4,27H2/t13-,18+/m1/s1. The molecule has 2 N–H and O–H groups in total. The molecule has 0 saturated carbocycles. The van der Waals surface area contributed by atoms with E-state index in [-0.39, 0.29) is 5.56 Å². The lowest BCUT2D eigenvalue weighted by Crippen LogP contribution is -2.31. The maximum absolute atomic E-state index is 14.2. The van der Waals surface area contributed by atoms with Gasteiger partial charge in [0, 0.05) is 29.6 Å². The number of nitrogens with two attached hydrogens (primary N) is 1. The Morgan fingerprint density at radius 2 is 1.80 bits per heavy atom. The molecule has 0 unspecified atom stereocenters. The van der Waals surface area contributed by atoms with Crippen LogP contribution in [0.1, 0.15) is 29.3 Å². The quantitative estimate of drug-likeness (QED) is 0.373. The van der Waals surface area contributed by atoms with Crippen molar-refractivity contribution in [3.63, 3.8) is 0 Å². The summed E-state index contributed by atoms with van der Waals surface area (Å²) >= 11 is 7.57. The van der Waals surface area contributed by atoms with E-state index in [2.05, 4.69) is 4.98 Å². The van der Waals surface area contributed by atoms with Gasteiger partial charge in [0.15, 0.2) is 11.6 Å². The van der Waals surface area contributed by atoms with Crippen molar-refractivity contribution in [3.05, 3.63) is 75.7 Å². The van der Waals surface area contributed by atoms with Gasteiger partial charge in [0.05, 0.1) is 20.8 Å². The van der Waals surface area contributed by atoms with Crippen LogP contribution < -0.4 is 5.73 Å². The van der Waals surface area contributed by atoms with Crippen molar-refractivity contribution < 1.29 is 13.2 Å². The Labute approximate surface area is 179 Å². The lowest BCUT2D eigenvalue weighted by molar-refractivity contribution is 0.463. The van der Waals surface area contributed by atoms with Crippen LogP contribution in [0.3, 0.4) is 0 Å². The van der Waals surface area contributed by atoms with Crippen LogP contribution in [0, 0.1) is 17.5 Å². The topological polar surface area (TPSA) is 51.8 Å². The molecule has 0 aliphatic heterocycles. The molecule has 3 nitrogen and oxygen atoms in total. The Hall–Kier alpha value is -2.48. The zero-order chi connectivity index (χ0) is 21.0. The molecule has 0 radical (unpaired) electrons. The molecule has 2 heterocycles. The summed E-state index contributed by atoms with van der Waals surface area (Å²) in [6.07, 6.45) is 4.46. The number of nitrogens with zero attached hydrogens (tertiary/aromatic N) is 2. The van der Waals surface area contributed by atoms with Gasteiger partial charge in [-0.05, 0) is 48.2 Å². The van der Waals surface area contributed by atoms with Gasteiger partial charge >= 0.3 is 0 Å². The molecule has 1 aliphatic rings. The fourth-order valence-corrected chi connectivity index (χ4v) is 5.14. The summed E-state index contributed by atoms with van der Waals surface area (Å²) in [5.74, 6) is -3.47. The van der Waals surface area contributed by atoms with Crippen molar-refractivity contribution in [2.45, 2.75) is 24.8 Å². The Kier molecular flexibility index (Phi) is 4.76. The summed E-state index contributed by atoms with van der Waals surface area (Å²) in [5.41, 5.74) is 9.07. The highest BCUT2D eigenvalue weighted by Gasteiger charge is 2.29. The number of rotatable bonds is 2. The largest absolute Gasteiger partial charge is 0.327 e. The highest BCUT2D eigenvalue weighted by molar-refractivity contribution is 7.19. The second-order valence-electron chi connectivity index (χ2n) is 7.41. The Morgan fingerprint density at radius 3 is 2.60 bits per heavy atom. The number of thiazole rings is 1. The first-order chi connectivity index (χ1) is 14.4. The third-order valence-corrected chi connectivity index (χ3v) is 6.76. The predicted molar refractivity (Wildman–Crippen MR) is 114 cm³/mol. The molecule has 2 aromatic carbocycles. The van der Waals surface area contributed by atoms with Gasteiger partial charge in [0.1, 0.15) is 10.8 Å². The van der Waals surface area contributed by atoms with E-state index in [0.29, 0.717) is 23.9 Å². The van der Waals surface area contributed by atoms with Gasteiger partial charge in [-0.15, -0.1) is 11.3 Å². The monoisotopic (exact) mass is 445 g/mol. The van der Waals surface area contributed by atoms with E-state index in [1.807, 2.05) is 24.3 Å². The smallest absolute Gasteiger partial charge is 0.161 e. The normalized spacial score (nSPS) is 19.4. The highest BCUT2D eigenvalue weighted by atomic mass is 35.5. The Bertz CT molecular complexity index is 1330.